The molecule has 2 aromatic rings. The van der Waals surface area contributed by atoms with Crippen LogP contribution >= 0.6 is 23.8 Å². The van der Waals surface area contributed by atoms with Crippen LogP contribution in [-0.4, -0.2) is 23.3 Å². The molecule has 0 heterocycles. The van der Waals surface area contributed by atoms with E-state index in [9.17, 15) is 0 Å². The van der Waals surface area contributed by atoms with Crippen molar-refractivity contribution in [2.75, 3.05) is 7.05 Å². The lowest BCUT2D eigenvalue weighted by molar-refractivity contribution is 0.559. The van der Waals surface area contributed by atoms with Crippen molar-refractivity contribution in [2.24, 2.45) is 5.10 Å². The quantitative estimate of drug-likeness (QED) is 0.482. The Balaban J connectivity index is 2.06. The largest absolute Gasteiger partial charge is 0.257 e. The zero-order valence-corrected chi connectivity index (χ0v) is 12.0. The molecule has 0 atom stereocenters. The number of rotatable bonds is 3. The standard InChI is InChI=1S/C15H13ClN2S/c1-18(15(19)13-5-3-2-4-6-13)17-11-12-7-9-14(16)10-8-12/h2-11H,1H3. The maximum Gasteiger partial charge on any atom is 0.129 e. The van der Waals surface area contributed by atoms with E-state index in [0.29, 0.717) is 10.0 Å². The van der Waals surface area contributed by atoms with Gasteiger partial charge in [0.05, 0.1) is 6.21 Å². The van der Waals surface area contributed by atoms with Gasteiger partial charge in [0.2, 0.25) is 0 Å². The lowest BCUT2D eigenvalue weighted by Gasteiger charge is -2.13. The van der Waals surface area contributed by atoms with E-state index in [1.807, 2.05) is 61.6 Å². The minimum Gasteiger partial charge on any atom is -0.257 e. The average Bonchev–Trinajstić information content (AvgIpc) is 2.46. The van der Waals surface area contributed by atoms with Crippen LogP contribution in [0.4, 0.5) is 0 Å². The highest BCUT2D eigenvalue weighted by atomic mass is 35.5. The molecular formula is C15H13ClN2S. The molecule has 4 heteroatoms. The molecule has 0 radical (unpaired) electrons. The van der Waals surface area contributed by atoms with Gasteiger partial charge in [0.1, 0.15) is 4.99 Å². The fraction of sp³-hybridized carbons (Fsp3) is 0.0667. The van der Waals surface area contributed by atoms with Gasteiger partial charge in [0.25, 0.3) is 0 Å². The van der Waals surface area contributed by atoms with Crippen molar-refractivity contribution in [2.45, 2.75) is 0 Å². The van der Waals surface area contributed by atoms with Crippen LogP contribution in [0.25, 0.3) is 0 Å². The van der Waals surface area contributed by atoms with Gasteiger partial charge in [-0.3, -0.25) is 5.01 Å². The smallest absolute Gasteiger partial charge is 0.129 e. The molecule has 0 saturated heterocycles. The second kappa shape index (κ2) is 6.45. The molecule has 0 saturated carbocycles. The van der Waals surface area contributed by atoms with Gasteiger partial charge >= 0.3 is 0 Å². The van der Waals surface area contributed by atoms with Crippen molar-refractivity contribution in [3.8, 4) is 0 Å². The Labute approximate surface area is 123 Å². The number of thiocarbonyl (C=S) groups is 1. The summed E-state index contributed by atoms with van der Waals surface area (Å²) in [5, 5.41) is 6.72. The van der Waals surface area contributed by atoms with Gasteiger partial charge in [-0.2, -0.15) is 5.10 Å². The summed E-state index contributed by atoms with van der Waals surface area (Å²) in [5.74, 6) is 0. The number of nitrogens with zero attached hydrogens (tertiary/aromatic N) is 2. The normalized spacial score (nSPS) is 10.6. The Hall–Kier alpha value is -1.71. The van der Waals surface area contributed by atoms with E-state index in [2.05, 4.69) is 5.10 Å². The molecule has 2 rings (SSSR count). The Kier molecular flexibility index (Phi) is 4.66. The second-order valence-corrected chi connectivity index (χ2v) is 4.81. The molecule has 96 valence electrons. The first-order chi connectivity index (χ1) is 9.16. The number of hydrogen-bond acceptors (Lipinski definition) is 2. The highest BCUT2D eigenvalue weighted by molar-refractivity contribution is 7.80. The van der Waals surface area contributed by atoms with Crippen molar-refractivity contribution in [1.29, 1.82) is 0 Å². The first kappa shape index (κ1) is 13.7. The summed E-state index contributed by atoms with van der Waals surface area (Å²) in [6.45, 7) is 0. The minimum absolute atomic E-state index is 0.686. The van der Waals surface area contributed by atoms with Crippen LogP contribution < -0.4 is 0 Å². The SMILES string of the molecule is CN(N=Cc1ccc(Cl)cc1)C(=S)c1ccccc1. The van der Waals surface area contributed by atoms with E-state index in [0.717, 1.165) is 11.1 Å². The number of benzene rings is 2. The van der Waals surface area contributed by atoms with E-state index in [1.54, 1.807) is 11.2 Å². The van der Waals surface area contributed by atoms with Gasteiger partial charge in [0, 0.05) is 17.6 Å². The van der Waals surface area contributed by atoms with Crippen LogP contribution in [-0.2, 0) is 0 Å². The van der Waals surface area contributed by atoms with Crippen molar-refractivity contribution < 1.29 is 0 Å². The predicted octanol–water partition coefficient (Wildman–Crippen LogP) is 3.98. The van der Waals surface area contributed by atoms with Crippen LogP contribution in [0.15, 0.2) is 59.7 Å². The number of halogens is 1. The van der Waals surface area contributed by atoms with E-state index < -0.39 is 0 Å². The summed E-state index contributed by atoms with van der Waals surface area (Å²) in [7, 11) is 1.84. The van der Waals surface area contributed by atoms with Gasteiger partial charge in [-0.15, -0.1) is 0 Å². The van der Waals surface area contributed by atoms with Crippen molar-refractivity contribution in [3.63, 3.8) is 0 Å². The lowest BCUT2D eigenvalue weighted by atomic mass is 10.2. The number of hydrogen-bond donors (Lipinski definition) is 0. The van der Waals surface area contributed by atoms with Crippen molar-refractivity contribution in [3.05, 3.63) is 70.7 Å². The first-order valence-electron chi connectivity index (χ1n) is 5.79. The zero-order chi connectivity index (χ0) is 13.7. The minimum atomic E-state index is 0.686. The van der Waals surface area contributed by atoms with E-state index >= 15 is 0 Å². The molecule has 0 fully saturated rings. The summed E-state index contributed by atoms with van der Waals surface area (Å²) < 4.78 is 0. The molecule has 0 aromatic heterocycles. The first-order valence-corrected chi connectivity index (χ1v) is 6.58. The van der Waals surface area contributed by atoms with Gasteiger partial charge in [0.15, 0.2) is 0 Å². The van der Waals surface area contributed by atoms with E-state index in [4.69, 9.17) is 23.8 Å². The molecule has 0 spiro atoms. The van der Waals surface area contributed by atoms with Crippen LogP contribution in [0.2, 0.25) is 5.02 Å². The van der Waals surface area contributed by atoms with E-state index in [-0.39, 0.29) is 0 Å². The molecule has 0 aliphatic carbocycles. The molecule has 2 aromatic carbocycles. The molecule has 0 N–H and O–H groups in total. The molecule has 0 aliphatic heterocycles. The number of hydrazone groups is 1. The molecule has 0 bridgehead atoms. The fourth-order valence-corrected chi connectivity index (χ4v) is 1.83. The van der Waals surface area contributed by atoms with Crippen LogP contribution in [0.3, 0.4) is 0 Å². The second-order valence-electron chi connectivity index (χ2n) is 3.99. The Morgan fingerprint density at radius 2 is 1.74 bits per heavy atom. The molecular weight excluding hydrogens is 276 g/mol. The molecule has 0 aliphatic rings. The predicted molar refractivity (Wildman–Crippen MR) is 85.0 cm³/mol. The summed E-state index contributed by atoms with van der Waals surface area (Å²) in [5.41, 5.74) is 1.96. The monoisotopic (exact) mass is 288 g/mol. The van der Waals surface area contributed by atoms with E-state index in [1.165, 1.54) is 0 Å². The maximum atomic E-state index is 5.83. The molecule has 0 unspecified atom stereocenters. The Bertz CT molecular complexity index is 579. The highest BCUT2D eigenvalue weighted by Crippen LogP contribution is 2.09. The topological polar surface area (TPSA) is 15.6 Å². The zero-order valence-electron chi connectivity index (χ0n) is 10.5. The van der Waals surface area contributed by atoms with Gasteiger partial charge < -0.3 is 0 Å². The van der Waals surface area contributed by atoms with Gasteiger partial charge in [-0.25, -0.2) is 0 Å². The molecule has 19 heavy (non-hydrogen) atoms. The van der Waals surface area contributed by atoms with Gasteiger partial charge in [-0.05, 0) is 17.7 Å². The summed E-state index contributed by atoms with van der Waals surface area (Å²) in [4.78, 5) is 0.686. The summed E-state index contributed by atoms with van der Waals surface area (Å²) in [6.07, 6.45) is 1.76. The average molecular weight is 289 g/mol. The Morgan fingerprint density at radius 1 is 1.11 bits per heavy atom. The third-order valence-corrected chi connectivity index (χ3v) is 3.32. The molecule has 2 nitrogen and oxygen atoms in total. The van der Waals surface area contributed by atoms with Crippen molar-refractivity contribution >= 4 is 35.0 Å². The molecule has 0 amide bonds. The third-order valence-electron chi connectivity index (χ3n) is 2.56. The summed E-state index contributed by atoms with van der Waals surface area (Å²) >= 11 is 11.2. The summed E-state index contributed by atoms with van der Waals surface area (Å²) in [6, 6.07) is 17.3. The van der Waals surface area contributed by atoms with Crippen molar-refractivity contribution in [1.82, 2.24) is 5.01 Å². The maximum absolute atomic E-state index is 5.83. The van der Waals surface area contributed by atoms with Crippen LogP contribution in [0.1, 0.15) is 11.1 Å². The Morgan fingerprint density at radius 3 is 2.37 bits per heavy atom. The van der Waals surface area contributed by atoms with Crippen LogP contribution in [0.5, 0.6) is 0 Å². The fourth-order valence-electron chi connectivity index (χ4n) is 1.52. The lowest BCUT2D eigenvalue weighted by Crippen LogP contribution is -2.20. The third kappa shape index (κ3) is 3.88. The van der Waals surface area contributed by atoms with Crippen LogP contribution in [0, 0.1) is 0 Å². The highest BCUT2D eigenvalue weighted by Gasteiger charge is 2.04. The van der Waals surface area contributed by atoms with Gasteiger partial charge in [-0.1, -0.05) is 66.3 Å².